The fourth-order valence-electron chi connectivity index (χ4n) is 3.29. The van der Waals surface area contributed by atoms with Gasteiger partial charge in [-0.3, -0.25) is 4.79 Å². The average Bonchev–Trinajstić information content (AvgIpc) is 3.36. The summed E-state index contributed by atoms with van der Waals surface area (Å²) < 4.78 is 12.4. The zero-order valence-corrected chi connectivity index (χ0v) is 16.1. The maximum atomic E-state index is 12.9. The lowest BCUT2D eigenvalue weighted by Gasteiger charge is -2.28. The quantitative estimate of drug-likeness (QED) is 0.705. The molecule has 2 aromatic heterocycles. The zero-order chi connectivity index (χ0) is 19.5. The van der Waals surface area contributed by atoms with Gasteiger partial charge in [-0.2, -0.15) is 10.1 Å². The Hall–Kier alpha value is -2.71. The first-order valence-electron chi connectivity index (χ1n) is 9.10. The van der Waals surface area contributed by atoms with Gasteiger partial charge in [-0.05, 0) is 49.9 Å². The number of carbonyl (C=O) groups excluding carboxylic acids is 1. The Bertz CT molecular complexity index is 964. The van der Waals surface area contributed by atoms with E-state index in [2.05, 4.69) is 20.6 Å². The van der Waals surface area contributed by atoms with Crippen LogP contribution in [-0.4, -0.2) is 39.0 Å². The molecular weight excluding hydrogens is 382 g/mol. The molecule has 0 saturated carbocycles. The predicted molar refractivity (Wildman–Crippen MR) is 101 cm³/mol. The van der Waals surface area contributed by atoms with Gasteiger partial charge in [0, 0.05) is 24.4 Å². The van der Waals surface area contributed by atoms with Crippen molar-refractivity contribution in [2.75, 3.05) is 13.2 Å². The fourth-order valence-corrected chi connectivity index (χ4v) is 3.48. The first-order valence-corrected chi connectivity index (χ1v) is 9.48. The molecule has 0 unspecified atom stereocenters. The SMILES string of the molecule is Cc1noc([C@H](NC(=O)c2ccn(-c3cccc(Cl)c3)n2)C2CCOCC2)n1. The molecule has 0 spiro atoms. The van der Waals surface area contributed by atoms with Gasteiger partial charge in [0.15, 0.2) is 11.5 Å². The smallest absolute Gasteiger partial charge is 0.272 e. The van der Waals surface area contributed by atoms with Crippen LogP contribution >= 0.6 is 11.6 Å². The number of aromatic nitrogens is 4. The van der Waals surface area contributed by atoms with E-state index in [9.17, 15) is 4.79 Å². The van der Waals surface area contributed by atoms with E-state index >= 15 is 0 Å². The van der Waals surface area contributed by atoms with Crippen LogP contribution in [0, 0.1) is 12.8 Å². The topological polar surface area (TPSA) is 95.1 Å². The Labute approximate surface area is 166 Å². The van der Waals surface area contributed by atoms with Crippen molar-refractivity contribution >= 4 is 17.5 Å². The van der Waals surface area contributed by atoms with E-state index < -0.39 is 0 Å². The van der Waals surface area contributed by atoms with E-state index in [4.69, 9.17) is 20.9 Å². The molecule has 0 radical (unpaired) electrons. The van der Waals surface area contributed by atoms with Gasteiger partial charge in [-0.1, -0.05) is 22.8 Å². The molecule has 4 rings (SSSR count). The lowest BCUT2D eigenvalue weighted by molar-refractivity contribution is 0.0467. The summed E-state index contributed by atoms with van der Waals surface area (Å²) in [6.45, 7) is 3.05. The van der Waals surface area contributed by atoms with E-state index in [1.54, 1.807) is 36.0 Å². The summed E-state index contributed by atoms with van der Waals surface area (Å²) in [6.07, 6.45) is 3.34. The van der Waals surface area contributed by atoms with Crippen molar-refractivity contribution in [2.45, 2.75) is 25.8 Å². The van der Waals surface area contributed by atoms with Crippen molar-refractivity contribution < 1.29 is 14.1 Å². The average molecular weight is 402 g/mol. The Kier molecular flexibility index (Phi) is 5.40. The summed E-state index contributed by atoms with van der Waals surface area (Å²) in [5, 5.41) is 11.9. The van der Waals surface area contributed by atoms with Crippen LogP contribution < -0.4 is 5.32 Å². The van der Waals surface area contributed by atoms with Crippen LogP contribution in [0.2, 0.25) is 5.02 Å². The lowest BCUT2D eigenvalue weighted by Crippen LogP contribution is -2.36. The third-order valence-corrected chi connectivity index (χ3v) is 4.96. The number of ether oxygens (including phenoxy) is 1. The highest BCUT2D eigenvalue weighted by Gasteiger charge is 2.31. The number of amides is 1. The second kappa shape index (κ2) is 8.12. The molecule has 1 aromatic carbocycles. The van der Waals surface area contributed by atoms with Gasteiger partial charge in [-0.15, -0.1) is 0 Å². The number of carbonyl (C=O) groups is 1. The second-order valence-electron chi connectivity index (χ2n) is 6.71. The number of hydrogen-bond donors (Lipinski definition) is 1. The number of hydrogen-bond acceptors (Lipinski definition) is 6. The van der Waals surface area contributed by atoms with Crippen molar-refractivity contribution in [1.29, 1.82) is 0 Å². The van der Waals surface area contributed by atoms with E-state index in [0.29, 0.717) is 35.6 Å². The maximum Gasteiger partial charge on any atom is 0.272 e. The lowest BCUT2D eigenvalue weighted by atomic mass is 9.91. The van der Waals surface area contributed by atoms with E-state index in [1.807, 2.05) is 12.1 Å². The Morgan fingerprint density at radius 1 is 1.32 bits per heavy atom. The van der Waals surface area contributed by atoms with Crippen LogP contribution in [0.1, 0.15) is 41.1 Å². The van der Waals surface area contributed by atoms with Crippen molar-refractivity contribution in [3.05, 3.63) is 59.0 Å². The number of benzene rings is 1. The molecule has 0 aliphatic carbocycles. The summed E-state index contributed by atoms with van der Waals surface area (Å²) in [4.78, 5) is 17.2. The third kappa shape index (κ3) is 4.07. The van der Waals surface area contributed by atoms with E-state index in [0.717, 1.165) is 18.5 Å². The first-order chi connectivity index (χ1) is 13.6. The summed E-state index contributed by atoms with van der Waals surface area (Å²) in [5.74, 6) is 0.805. The number of nitrogens with zero attached hydrogens (tertiary/aromatic N) is 4. The molecule has 9 heteroatoms. The molecular formula is C19H20ClN5O3. The molecule has 1 amide bonds. The number of rotatable bonds is 5. The molecule has 3 heterocycles. The molecule has 146 valence electrons. The van der Waals surface area contributed by atoms with Gasteiger partial charge < -0.3 is 14.6 Å². The fraction of sp³-hybridized carbons (Fsp3) is 0.368. The first kappa shape index (κ1) is 18.6. The third-order valence-electron chi connectivity index (χ3n) is 4.73. The van der Waals surface area contributed by atoms with Crippen LogP contribution in [0.4, 0.5) is 0 Å². The van der Waals surface area contributed by atoms with Gasteiger partial charge in [0.05, 0.1) is 5.69 Å². The summed E-state index contributed by atoms with van der Waals surface area (Å²) in [7, 11) is 0. The van der Waals surface area contributed by atoms with Crippen LogP contribution in [0.25, 0.3) is 5.69 Å². The predicted octanol–water partition coefficient (Wildman–Crippen LogP) is 3.11. The van der Waals surface area contributed by atoms with Crippen molar-refractivity contribution in [2.24, 2.45) is 5.92 Å². The number of nitrogens with one attached hydrogen (secondary N) is 1. The Morgan fingerprint density at radius 2 is 2.14 bits per heavy atom. The van der Waals surface area contributed by atoms with Gasteiger partial charge in [0.25, 0.3) is 5.91 Å². The summed E-state index contributed by atoms with van der Waals surface area (Å²) >= 11 is 6.03. The summed E-state index contributed by atoms with van der Waals surface area (Å²) in [6, 6.07) is 8.55. The molecule has 1 saturated heterocycles. The Balaban J connectivity index is 1.54. The molecule has 28 heavy (non-hydrogen) atoms. The molecule has 8 nitrogen and oxygen atoms in total. The standard InChI is InChI=1S/C19H20ClN5O3/c1-12-21-19(28-24-12)17(13-6-9-27-10-7-13)22-18(26)16-5-8-25(23-16)15-4-2-3-14(20)11-15/h2-5,8,11,13,17H,6-7,9-10H2,1H3,(H,22,26)/t17-/m1/s1. The van der Waals surface area contributed by atoms with Crippen LogP contribution in [-0.2, 0) is 4.74 Å². The van der Waals surface area contributed by atoms with E-state index in [1.165, 1.54) is 0 Å². The van der Waals surface area contributed by atoms with Crippen molar-refractivity contribution in [3.63, 3.8) is 0 Å². The highest BCUT2D eigenvalue weighted by molar-refractivity contribution is 6.30. The number of aryl methyl sites for hydroxylation is 1. The van der Waals surface area contributed by atoms with Crippen molar-refractivity contribution in [3.8, 4) is 5.69 Å². The number of halogens is 1. The molecule has 3 aromatic rings. The zero-order valence-electron chi connectivity index (χ0n) is 15.3. The molecule has 1 aliphatic heterocycles. The highest BCUT2D eigenvalue weighted by Crippen LogP contribution is 2.29. The minimum absolute atomic E-state index is 0.160. The molecule has 0 bridgehead atoms. The van der Waals surface area contributed by atoms with Crippen LogP contribution in [0.3, 0.4) is 0 Å². The molecule has 1 atom stereocenters. The van der Waals surface area contributed by atoms with Crippen molar-refractivity contribution in [1.82, 2.24) is 25.2 Å². The highest BCUT2D eigenvalue weighted by atomic mass is 35.5. The van der Waals surface area contributed by atoms with Gasteiger partial charge >= 0.3 is 0 Å². The molecule has 1 aliphatic rings. The second-order valence-corrected chi connectivity index (χ2v) is 7.14. The van der Waals surface area contributed by atoms with Crippen LogP contribution in [0.5, 0.6) is 0 Å². The van der Waals surface area contributed by atoms with Crippen LogP contribution in [0.15, 0.2) is 41.1 Å². The maximum absolute atomic E-state index is 12.9. The molecule has 1 fully saturated rings. The molecule has 1 N–H and O–H groups in total. The largest absolute Gasteiger partial charge is 0.381 e. The minimum atomic E-state index is -0.381. The monoisotopic (exact) mass is 401 g/mol. The van der Waals surface area contributed by atoms with Gasteiger partial charge in [0.2, 0.25) is 5.89 Å². The minimum Gasteiger partial charge on any atom is -0.381 e. The summed E-state index contributed by atoms with van der Waals surface area (Å²) in [5.41, 5.74) is 1.08. The van der Waals surface area contributed by atoms with Gasteiger partial charge in [0.1, 0.15) is 6.04 Å². The van der Waals surface area contributed by atoms with E-state index in [-0.39, 0.29) is 17.9 Å². The Morgan fingerprint density at radius 3 is 2.86 bits per heavy atom. The normalized spacial score (nSPS) is 16.1. The van der Waals surface area contributed by atoms with Gasteiger partial charge in [-0.25, -0.2) is 4.68 Å².